The Bertz CT molecular complexity index is 989. The minimum Gasteiger partial charge on any atom is -0.481 e. The molecule has 0 unspecified atom stereocenters. The van der Waals surface area contributed by atoms with Crippen molar-refractivity contribution in [1.29, 1.82) is 0 Å². The minimum atomic E-state index is -4.70. The number of cyclic esters (lactones) is 1. The number of nitrogens with one attached hydrogen (secondary N) is 1. The first-order chi connectivity index (χ1) is 15.0. The number of hydrogen-bond donors (Lipinski definition) is 2. The zero-order valence-corrected chi connectivity index (χ0v) is 16.9. The van der Waals surface area contributed by atoms with Crippen LogP contribution in [0.2, 0.25) is 0 Å². The van der Waals surface area contributed by atoms with E-state index in [-0.39, 0.29) is 23.9 Å². The number of benzene rings is 1. The fourth-order valence-corrected chi connectivity index (χ4v) is 3.02. The monoisotopic (exact) mass is 462 g/mol. The maximum absolute atomic E-state index is 14.4. The molecule has 0 saturated carbocycles. The van der Waals surface area contributed by atoms with E-state index in [9.17, 15) is 31.9 Å². The highest BCUT2D eigenvalue weighted by Gasteiger charge is 2.38. The summed E-state index contributed by atoms with van der Waals surface area (Å²) in [5.41, 5.74) is -0.210. The largest absolute Gasteiger partial charge is 0.481 e. The quantitative estimate of drug-likeness (QED) is 0.608. The van der Waals surface area contributed by atoms with Crippen LogP contribution in [0.5, 0.6) is 5.75 Å². The first-order valence-electron chi connectivity index (χ1n) is 9.38. The topological polar surface area (TPSA) is 96.8 Å². The first-order valence-corrected chi connectivity index (χ1v) is 9.38. The lowest BCUT2D eigenvalue weighted by Gasteiger charge is -2.23. The lowest BCUT2D eigenvalue weighted by molar-refractivity contribution is -0.153. The standard InChI is InChI=1S/C19H19F5N4O4/c1-9(11-5-13(21)15(6-12(11)20)32-8-19(22,23)24)26-17-25-4-3-16(27-17)28-14(10(2)29)7-31-18(28)30/h3-6,9-10,14,29H,7-8H2,1-2H3,(H,25,26,27)/t9-,10+,14+/m0/s1. The van der Waals surface area contributed by atoms with Gasteiger partial charge in [-0.15, -0.1) is 0 Å². The van der Waals surface area contributed by atoms with E-state index in [0.717, 1.165) is 4.90 Å². The molecule has 3 atom stereocenters. The molecule has 0 radical (unpaired) electrons. The number of rotatable bonds is 7. The summed E-state index contributed by atoms with van der Waals surface area (Å²) in [5, 5.41) is 12.6. The summed E-state index contributed by atoms with van der Waals surface area (Å²) in [4.78, 5) is 21.3. The van der Waals surface area contributed by atoms with E-state index >= 15 is 0 Å². The number of ether oxygens (including phenoxy) is 2. The second-order valence-corrected chi connectivity index (χ2v) is 7.07. The van der Waals surface area contributed by atoms with Crippen LogP contribution in [0.1, 0.15) is 25.5 Å². The number of aliphatic hydroxyl groups excluding tert-OH is 1. The highest BCUT2D eigenvalue weighted by Crippen LogP contribution is 2.29. The molecule has 3 rings (SSSR count). The number of nitrogens with zero attached hydrogens (tertiary/aromatic N) is 3. The van der Waals surface area contributed by atoms with Crippen molar-refractivity contribution in [3.63, 3.8) is 0 Å². The molecule has 174 valence electrons. The zero-order chi connectivity index (χ0) is 23.6. The van der Waals surface area contributed by atoms with E-state index in [4.69, 9.17) is 4.74 Å². The molecular weight excluding hydrogens is 443 g/mol. The normalized spacial score (nSPS) is 18.3. The molecular formula is C19H19F5N4O4. The van der Waals surface area contributed by atoms with Gasteiger partial charge in [0.15, 0.2) is 18.2 Å². The fraction of sp³-hybridized carbons (Fsp3) is 0.421. The lowest BCUT2D eigenvalue weighted by Crippen LogP contribution is -2.41. The van der Waals surface area contributed by atoms with Gasteiger partial charge < -0.3 is 19.9 Å². The summed E-state index contributed by atoms with van der Waals surface area (Å²) >= 11 is 0. The molecule has 1 aromatic heterocycles. The van der Waals surface area contributed by atoms with Gasteiger partial charge in [0.1, 0.15) is 24.3 Å². The fourth-order valence-electron chi connectivity index (χ4n) is 3.02. The van der Waals surface area contributed by atoms with Crippen LogP contribution in [0.15, 0.2) is 24.4 Å². The van der Waals surface area contributed by atoms with E-state index in [1.165, 1.54) is 26.1 Å². The molecule has 1 aliphatic rings. The van der Waals surface area contributed by atoms with Crippen LogP contribution in [0.3, 0.4) is 0 Å². The average Bonchev–Trinajstić information content (AvgIpc) is 3.09. The predicted octanol–water partition coefficient (Wildman–Crippen LogP) is 3.58. The van der Waals surface area contributed by atoms with Crippen LogP contribution in [-0.4, -0.2) is 52.7 Å². The van der Waals surface area contributed by atoms with E-state index in [2.05, 4.69) is 20.0 Å². The van der Waals surface area contributed by atoms with Crippen molar-refractivity contribution in [2.45, 2.75) is 38.2 Å². The maximum Gasteiger partial charge on any atom is 0.422 e. The van der Waals surface area contributed by atoms with Gasteiger partial charge in [0.2, 0.25) is 5.95 Å². The van der Waals surface area contributed by atoms with Gasteiger partial charge >= 0.3 is 12.3 Å². The first kappa shape index (κ1) is 23.4. The van der Waals surface area contributed by atoms with Gasteiger partial charge in [0.05, 0.1) is 12.1 Å². The lowest BCUT2D eigenvalue weighted by atomic mass is 10.1. The van der Waals surface area contributed by atoms with E-state index in [1.807, 2.05) is 0 Å². The zero-order valence-electron chi connectivity index (χ0n) is 16.9. The molecule has 2 N–H and O–H groups in total. The third-order valence-corrected chi connectivity index (χ3v) is 4.61. The molecule has 1 saturated heterocycles. The molecule has 1 fully saturated rings. The van der Waals surface area contributed by atoms with E-state index < -0.39 is 54.4 Å². The van der Waals surface area contributed by atoms with Gasteiger partial charge in [-0.1, -0.05) is 0 Å². The number of aliphatic hydroxyl groups is 1. The third kappa shape index (κ3) is 5.33. The Balaban J connectivity index is 1.78. The smallest absolute Gasteiger partial charge is 0.422 e. The van der Waals surface area contributed by atoms with Crippen molar-refractivity contribution >= 4 is 17.9 Å². The summed E-state index contributed by atoms with van der Waals surface area (Å²) in [6.45, 7) is 1.14. The summed E-state index contributed by atoms with van der Waals surface area (Å²) in [7, 11) is 0. The number of carbonyl (C=O) groups excluding carboxylic acids is 1. The number of hydrogen-bond acceptors (Lipinski definition) is 7. The van der Waals surface area contributed by atoms with Gasteiger partial charge in [-0.25, -0.2) is 18.6 Å². The molecule has 0 aliphatic carbocycles. The number of halogens is 5. The molecule has 8 nitrogen and oxygen atoms in total. The molecule has 1 aromatic carbocycles. The summed E-state index contributed by atoms with van der Waals surface area (Å²) in [6.07, 6.45) is -5.00. The number of carbonyl (C=O) groups is 1. The van der Waals surface area contributed by atoms with Crippen molar-refractivity contribution in [3.05, 3.63) is 41.6 Å². The van der Waals surface area contributed by atoms with Crippen LogP contribution in [0.4, 0.5) is 38.5 Å². The molecule has 0 bridgehead atoms. The van der Waals surface area contributed by atoms with Crippen molar-refractivity contribution in [3.8, 4) is 5.75 Å². The molecule has 2 aromatic rings. The Labute approximate surface area is 179 Å². The van der Waals surface area contributed by atoms with Crippen molar-refractivity contribution < 1.29 is 41.3 Å². The highest BCUT2D eigenvalue weighted by molar-refractivity contribution is 5.89. The van der Waals surface area contributed by atoms with Crippen molar-refractivity contribution in [2.24, 2.45) is 0 Å². The Morgan fingerprint density at radius 3 is 2.69 bits per heavy atom. The maximum atomic E-state index is 14.4. The molecule has 13 heteroatoms. The minimum absolute atomic E-state index is 0.0348. The van der Waals surface area contributed by atoms with Gasteiger partial charge in [-0.2, -0.15) is 18.2 Å². The molecule has 0 spiro atoms. The van der Waals surface area contributed by atoms with Gasteiger partial charge in [0.25, 0.3) is 0 Å². The van der Waals surface area contributed by atoms with Crippen LogP contribution < -0.4 is 15.0 Å². The van der Waals surface area contributed by atoms with Crippen LogP contribution in [-0.2, 0) is 4.74 Å². The number of amides is 1. The molecule has 32 heavy (non-hydrogen) atoms. The second kappa shape index (κ2) is 9.10. The van der Waals surface area contributed by atoms with Gasteiger partial charge in [0, 0.05) is 17.8 Å². The molecule has 1 amide bonds. The predicted molar refractivity (Wildman–Crippen MR) is 101 cm³/mol. The Morgan fingerprint density at radius 2 is 2.03 bits per heavy atom. The average molecular weight is 462 g/mol. The summed E-state index contributed by atoms with van der Waals surface area (Å²) in [6, 6.07) is 1.07. The van der Waals surface area contributed by atoms with Gasteiger partial charge in [-0.3, -0.25) is 4.90 Å². The van der Waals surface area contributed by atoms with Crippen LogP contribution in [0.25, 0.3) is 0 Å². The SMILES string of the molecule is C[C@H](Nc1nccc(N2C(=O)OC[C@@H]2[C@@H](C)O)n1)c1cc(F)c(OCC(F)(F)F)cc1F. The molecule has 1 aliphatic heterocycles. The second-order valence-electron chi connectivity index (χ2n) is 7.07. The van der Waals surface area contributed by atoms with E-state index in [1.54, 1.807) is 0 Å². The van der Waals surface area contributed by atoms with Crippen LogP contribution in [0, 0.1) is 11.6 Å². The summed E-state index contributed by atoms with van der Waals surface area (Å²) < 4.78 is 74.5. The Kier molecular flexibility index (Phi) is 6.67. The van der Waals surface area contributed by atoms with Crippen LogP contribution >= 0.6 is 0 Å². The summed E-state index contributed by atoms with van der Waals surface area (Å²) in [5.74, 6) is -2.97. The number of anilines is 2. The Hall–Kier alpha value is -3.22. The van der Waals surface area contributed by atoms with Gasteiger partial charge in [-0.05, 0) is 26.0 Å². The Morgan fingerprint density at radius 1 is 1.31 bits per heavy atom. The van der Waals surface area contributed by atoms with E-state index in [0.29, 0.717) is 12.1 Å². The number of alkyl halides is 3. The third-order valence-electron chi connectivity index (χ3n) is 4.61. The molecule has 2 heterocycles. The van der Waals surface area contributed by atoms with Crippen molar-refractivity contribution in [2.75, 3.05) is 23.4 Å². The highest BCUT2D eigenvalue weighted by atomic mass is 19.4. The number of aromatic nitrogens is 2. The van der Waals surface area contributed by atoms with Crippen molar-refractivity contribution in [1.82, 2.24) is 9.97 Å².